The number of nitrogens with zero attached hydrogens (tertiary/aromatic N) is 3. The van der Waals surface area contributed by atoms with Crippen LogP contribution in [0.5, 0.6) is 0 Å². The molecule has 2 aromatic rings. The first-order valence-corrected chi connectivity index (χ1v) is 7.30. The van der Waals surface area contributed by atoms with E-state index in [1.807, 2.05) is 13.8 Å². The second-order valence-corrected chi connectivity index (χ2v) is 5.48. The van der Waals surface area contributed by atoms with Crippen molar-refractivity contribution in [3.05, 3.63) is 23.8 Å². The maximum atomic E-state index is 14.5. The number of ether oxygens (including phenoxy) is 2. The molecule has 1 aromatic carbocycles. The van der Waals surface area contributed by atoms with Gasteiger partial charge in [0.25, 0.3) is 0 Å². The monoisotopic (exact) mass is 307 g/mol. The summed E-state index contributed by atoms with van der Waals surface area (Å²) < 4.78 is 26.5. The Morgan fingerprint density at radius 2 is 2.27 bits per heavy atom. The van der Waals surface area contributed by atoms with Crippen molar-refractivity contribution in [2.24, 2.45) is 5.92 Å². The number of halogens is 1. The molecule has 6 nitrogen and oxygen atoms in total. The Morgan fingerprint density at radius 3 is 2.91 bits per heavy atom. The molecule has 0 bridgehead atoms. The van der Waals surface area contributed by atoms with Crippen molar-refractivity contribution >= 4 is 17.0 Å². The SMILES string of the molecule is CC[C@H]1O[C@@H](n2nnc3c(C(=O)OC)cccc32)[C@H](F)[C@@H]1C. The van der Waals surface area contributed by atoms with Crippen molar-refractivity contribution in [1.82, 2.24) is 15.0 Å². The molecule has 0 radical (unpaired) electrons. The van der Waals surface area contributed by atoms with E-state index in [-0.39, 0.29) is 12.0 Å². The highest BCUT2D eigenvalue weighted by atomic mass is 19.1. The van der Waals surface area contributed by atoms with Crippen LogP contribution in [0.25, 0.3) is 11.0 Å². The number of fused-ring (bicyclic) bond motifs is 1. The Kier molecular flexibility index (Phi) is 3.82. The number of benzene rings is 1. The normalized spacial score (nSPS) is 28.2. The summed E-state index contributed by atoms with van der Waals surface area (Å²) in [5, 5.41) is 8.01. The number of carbonyl (C=O) groups excluding carboxylic acids is 1. The van der Waals surface area contributed by atoms with E-state index < -0.39 is 18.4 Å². The molecule has 0 saturated carbocycles. The summed E-state index contributed by atoms with van der Waals surface area (Å²) in [7, 11) is 1.30. The van der Waals surface area contributed by atoms with E-state index in [2.05, 4.69) is 10.3 Å². The third kappa shape index (κ3) is 2.16. The van der Waals surface area contributed by atoms with Gasteiger partial charge in [-0.15, -0.1) is 5.10 Å². The zero-order valence-corrected chi connectivity index (χ0v) is 12.7. The Bertz CT molecular complexity index is 702. The zero-order chi connectivity index (χ0) is 15.9. The van der Waals surface area contributed by atoms with Crippen molar-refractivity contribution in [1.29, 1.82) is 0 Å². The highest BCUT2D eigenvalue weighted by molar-refractivity contribution is 6.01. The standard InChI is InChI=1S/C15H18FN3O3/c1-4-11-8(2)12(16)14(22-11)19-10-7-5-6-9(15(20)21-3)13(10)17-18-19/h5-8,11-12,14H,4H2,1-3H3/t8-,11-,12-,14-/m1/s1. The molecule has 1 aliphatic rings. The van der Waals surface area contributed by atoms with E-state index in [1.165, 1.54) is 11.8 Å². The molecule has 1 saturated heterocycles. The second-order valence-electron chi connectivity index (χ2n) is 5.48. The molecule has 0 aliphatic carbocycles. The summed E-state index contributed by atoms with van der Waals surface area (Å²) in [6, 6.07) is 5.03. The first kappa shape index (κ1) is 14.9. The molecule has 7 heteroatoms. The lowest BCUT2D eigenvalue weighted by atomic mass is 10.00. The smallest absolute Gasteiger partial charge is 0.340 e. The van der Waals surface area contributed by atoms with E-state index in [0.29, 0.717) is 16.6 Å². The fraction of sp³-hybridized carbons (Fsp3) is 0.533. The topological polar surface area (TPSA) is 66.2 Å². The lowest BCUT2D eigenvalue weighted by molar-refractivity contribution is -0.0263. The minimum Gasteiger partial charge on any atom is -0.465 e. The second kappa shape index (κ2) is 5.64. The molecule has 0 spiro atoms. The van der Waals surface area contributed by atoms with Crippen molar-refractivity contribution in [3.8, 4) is 0 Å². The average molecular weight is 307 g/mol. The number of alkyl halides is 1. The van der Waals surface area contributed by atoms with Crippen LogP contribution in [0.1, 0.15) is 36.9 Å². The summed E-state index contributed by atoms with van der Waals surface area (Å²) in [5.74, 6) is -0.709. The molecule has 2 heterocycles. The summed E-state index contributed by atoms with van der Waals surface area (Å²) in [4.78, 5) is 11.8. The van der Waals surface area contributed by atoms with Crippen LogP contribution in [0.3, 0.4) is 0 Å². The fourth-order valence-electron chi connectivity index (χ4n) is 2.93. The molecule has 1 aromatic heterocycles. The minimum absolute atomic E-state index is 0.150. The van der Waals surface area contributed by atoms with Crippen LogP contribution < -0.4 is 0 Å². The van der Waals surface area contributed by atoms with Crippen LogP contribution in [0.15, 0.2) is 18.2 Å². The number of aromatic nitrogens is 3. The number of esters is 1. The van der Waals surface area contributed by atoms with Gasteiger partial charge in [0.15, 0.2) is 12.4 Å². The molecule has 3 rings (SSSR count). The van der Waals surface area contributed by atoms with Gasteiger partial charge in [-0.3, -0.25) is 0 Å². The summed E-state index contributed by atoms with van der Waals surface area (Å²) in [6.45, 7) is 3.79. The van der Waals surface area contributed by atoms with E-state index in [0.717, 1.165) is 6.42 Å². The molecule has 0 unspecified atom stereocenters. The summed E-state index contributed by atoms with van der Waals surface area (Å²) in [6.07, 6.45) is -1.41. The van der Waals surface area contributed by atoms with Crippen LogP contribution in [0.2, 0.25) is 0 Å². The fourth-order valence-corrected chi connectivity index (χ4v) is 2.93. The van der Waals surface area contributed by atoms with E-state index in [4.69, 9.17) is 9.47 Å². The molecule has 0 N–H and O–H groups in total. The van der Waals surface area contributed by atoms with Crippen LogP contribution in [-0.2, 0) is 9.47 Å². The third-order valence-corrected chi connectivity index (χ3v) is 4.23. The van der Waals surface area contributed by atoms with Crippen molar-refractivity contribution in [3.63, 3.8) is 0 Å². The van der Waals surface area contributed by atoms with Gasteiger partial charge < -0.3 is 9.47 Å². The Labute approximate surface area is 127 Å². The van der Waals surface area contributed by atoms with E-state index in [1.54, 1.807) is 18.2 Å². The molecule has 118 valence electrons. The quantitative estimate of drug-likeness (QED) is 0.815. The maximum Gasteiger partial charge on any atom is 0.340 e. The number of methoxy groups -OCH3 is 1. The molecule has 0 amide bonds. The van der Waals surface area contributed by atoms with Gasteiger partial charge in [-0.1, -0.05) is 25.1 Å². The van der Waals surface area contributed by atoms with Gasteiger partial charge >= 0.3 is 5.97 Å². The van der Waals surface area contributed by atoms with Crippen molar-refractivity contribution in [2.45, 2.75) is 38.8 Å². The lowest BCUT2D eigenvalue weighted by Crippen LogP contribution is -2.21. The molecule has 22 heavy (non-hydrogen) atoms. The molecule has 4 atom stereocenters. The van der Waals surface area contributed by atoms with Gasteiger partial charge in [0, 0.05) is 5.92 Å². The van der Waals surface area contributed by atoms with Gasteiger partial charge in [0.05, 0.1) is 24.3 Å². The largest absolute Gasteiger partial charge is 0.465 e. The number of carbonyl (C=O) groups is 1. The van der Waals surface area contributed by atoms with Crippen molar-refractivity contribution < 1.29 is 18.7 Å². The van der Waals surface area contributed by atoms with Crippen LogP contribution in [0.4, 0.5) is 4.39 Å². The Balaban J connectivity index is 2.04. The third-order valence-electron chi connectivity index (χ3n) is 4.23. The van der Waals surface area contributed by atoms with Gasteiger partial charge in [-0.05, 0) is 18.6 Å². The van der Waals surface area contributed by atoms with Gasteiger partial charge in [0.2, 0.25) is 0 Å². The van der Waals surface area contributed by atoms with Crippen molar-refractivity contribution in [2.75, 3.05) is 7.11 Å². The molecule has 1 aliphatic heterocycles. The predicted molar refractivity (Wildman–Crippen MR) is 77.1 cm³/mol. The van der Waals surface area contributed by atoms with E-state index >= 15 is 0 Å². The number of rotatable bonds is 3. The highest BCUT2D eigenvalue weighted by Crippen LogP contribution is 2.38. The van der Waals surface area contributed by atoms with Crippen LogP contribution in [0, 0.1) is 5.92 Å². The van der Waals surface area contributed by atoms with Crippen LogP contribution >= 0.6 is 0 Å². The maximum absolute atomic E-state index is 14.5. The van der Waals surface area contributed by atoms with Crippen LogP contribution in [-0.4, -0.2) is 40.3 Å². The number of hydrogen-bond acceptors (Lipinski definition) is 5. The molecular weight excluding hydrogens is 289 g/mol. The summed E-state index contributed by atoms with van der Waals surface area (Å²) >= 11 is 0. The predicted octanol–water partition coefficient (Wildman–Crippen LogP) is 2.50. The molecule has 1 fully saturated rings. The molecular formula is C15H18FN3O3. The lowest BCUT2D eigenvalue weighted by Gasteiger charge is -2.14. The minimum atomic E-state index is -1.17. The highest BCUT2D eigenvalue weighted by Gasteiger charge is 2.43. The Hall–Kier alpha value is -2.02. The zero-order valence-electron chi connectivity index (χ0n) is 12.7. The van der Waals surface area contributed by atoms with Gasteiger partial charge in [-0.2, -0.15) is 0 Å². The Morgan fingerprint density at radius 1 is 1.50 bits per heavy atom. The first-order chi connectivity index (χ1) is 10.6. The average Bonchev–Trinajstić information content (AvgIpc) is 3.08. The van der Waals surface area contributed by atoms with E-state index in [9.17, 15) is 9.18 Å². The van der Waals surface area contributed by atoms with Gasteiger partial charge in [-0.25, -0.2) is 13.9 Å². The summed E-state index contributed by atoms with van der Waals surface area (Å²) in [5.41, 5.74) is 1.25. The first-order valence-electron chi connectivity index (χ1n) is 7.30. The van der Waals surface area contributed by atoms with Gasteiger partial charge in [0.1, 0.15) is 5.52 Å². The number of hydrogen-bond donors (Lipinski definition) is 0.